The third-order valence-electron chi connectivity index (χ3n) is 2.63. The average molecular weight is 300 g/mol. The Balaban J connectivity index is 2.48. The summed E-state index contributed by atoms with van der Waals surface area (Å²) in [5.74, 6) is 0.222. The quantitative estimate of drug-likeness (QED) is 0.942. The topological polar surface area (TPSA) is 51.6 Å². The molecule has 0 aliphatic rings. The first-order chi connectivity index (χ1) is 9.31. The van der Waals surface area contributed by atoms with Crippen molar-refractivity contribution in [3.63, 3.8) is 0 Å². The Bertz CT molecular complexity index is 640. The molecule has 0 fully saturated rings. The average Bonchev–Trinajstić information content (AvgIpc) is 2.39. The van der Waals surface area contributed by atoms with Crippen molar-refractivity contribution < 1.29 is 19.0 Å². The van der Waals surface area contributed by atoms with Crippen LogP contribution in [0.4, 0.5) is 4.39 Å². The van der Waals surface area contributed by atoms with Crippen molar-refractivity contribution in [1.29, 1.82) is 0 Å². The van der Waals surface area contributed by atoms with Gasteiger partial charge in [-0.1, -0.05) is 11.6 Å². The van der Waals surface area contributed by atoms with Crippen LogP contribution >= 0.6 is 11.6 Å². The molecule has 1 aromatic carbocycles. The Labute approximate surface area is 121 Å². The molecule has 2 aromatic rings. The number of fused-ring (bicyclic) bond motifs is 1. The van der Waals surface area contributed by atoms with E-state index in [2.05, 4.69) is 4.98 Å². The van der Waals surface area contributed by atoms with Crippen LogP contribution in [0.25, 0.3) is 10.9 Å². The van der Waals surface area contributed by atoms with Gasteiger partial charge in [-0.2, -0.15) is 0 Å². The number of hydrogen-bond donors (Lipinski definition) is 1. The minimum absolute atomic E-state index is 0.0117. The second-order valence-corrected chi connectivity index (χ2v) is 5.42. The molecule has 108 valence electrons. The number of methoxy groups -OCH3 is 1. The van der Waals surface area contributed by atoms with E-state index in [0.29, 0.717) is 22.4 Å². The summed E-state index contributed by atoms with van der Waals surface area (Å²) in [6.07, 6.45) is 1.05. The number of benzene rings is 1. The fourth-order valence-electron chi connectivity index (χ4n) is 1.67. The van der Waals surface area contributed by atoms with Crippen LogP contribution in [0.5, 0.6) is 11.5 Å². The van der Waals surface area contributed by atoms with Crippen LogP contribution in [-0.2, 0) is 0 Å². The van der Waals surface area contributed by atoms with E-state index in [0.717, 1.165) is 6.20 Å². The summed E-state index contributed by atoms with van der Waals surface area (Å²) in [6.45, 7) is 3.35. The highest BCUT2D eigenvalue weighted by atomic mass is 35.5. The molecule has 2 rings (SSSR count). The summed E-state index contributed by atoms with van der Waals surface area (Å²) < 4.78 is 24.1. The third-order valence-corrected chi connectivity index (χ3v) is 3.01. The molecule has 0 amide bonds. The summed E-state index contributed by atoms with van der Waals surface area (Å²) in [7, 11) is 1.47. The molecule has 20 heavy (non-hydrogen) atoms. The Morgan fingerprint density at radius 2 is 2.05 bits per heavy atom. The molecule has 0 aliphatic carbocycles. The molecule has 1 aromatic heterocycles. The monoisotopic (exact) mass is 299 g/mol. The Morgan fingerprint density at radius 1 is 1.35 bits per heavy atom. The largest absolute Gasteiger partial charge is 0.493 e. The van der Waals surface area contributed by atoms with E-state index in [-0.39, 0.29) is 11.6 Å². The molecule has 0 radical (unpaired) electrons. The highest BCUT2D eigenvalue weighted by molar-refractivity contribution is 6.35. The molecule has 0 saturated carbocycles. The van der Waals surface area contributed by atoms with Crippen molar-refractivity contribution in [3.05, 3.63) is 29.2 Å². The van der Waals surface area contributed by atoms with Crippen molar-refractivity contribution in [3.8, 4) is 11.5 Å². The molecule has 0 spiro atoms. The van der Waals surface area contributed by atoms with Crippen molar-refractivity contribution >= 4 is 22.5 Å². The summed E-state index contributed by atoms with van der Waals surface area (Å²) in [4.78, 5) is 3.96. The lowest BCUT2D eigenvalue weighted by atomic mass is 10.1. The van der Waals surface area contributed by atoms with Gasteiger partial charge >= 0.3 is 0 Å². The number of nitrogens with zero attached hydrogens (tertiary/aromatic N) is 1. The smallest absolute Gasteiger partial charge is 0.163 e. The van der Waals surface area contributed by atoms with Crippen LogP contribution in [0.1, 0.15) is 13.8 Å². The van der Waals surface area contributed by atoms with Crippen LogP contribution < -0.4 is 9.47 Å². The SMILES string of the molecule is COc1cc2c(Cl)c(F)cnc2cc1OCC(C)(C)O. The van der Waals surface area contributed by atoms with Gasteiger partial charge < -0.3 is 14.6 Å². The molecule has 1 heterocycles. The predicted molar refractivity (Wildman–Crippen MR) is 75.1 cm³/mol. The van der Waals surface area contributed by atoms with E-state index in [1.54, 1.807) is 26.0 Å². The number of aromatic nitrogens is 1. The second kappa shape index (κ2) is 5.42. The van der Waals surface area contributed by atoms with E-state index in [1.165, 1.54) is 7.11 Å². The number of pyridine rings is 1. The zero-order chi connectivity index (χ0) is 14.9. The normalized spacial score (nSPS) is 11.7. The van der Waals surface area contributed by atoms with Gasteiger partial charge in [0.2, 0.25) is 0 Å². The number of hydrogen-bond acceptors (Lipinski definition) is 4. The van der Waals surface area contributed by atoms with Gasteiger partial charge in [0.05, 0.1) is 29.4 Å². The molecule has 0 unspecified atom stereocenters. The van der Waals surface area contributed by atoms with E-state index in [4.69, 9.17) is 21.1 Å². The number of ether oxygens (including phenoxy) is 2. The maximum Gasteiger partial charge on any atom is 0.163 e. The first kappa shape index (κ1) is 14.8. The molecular weight excluding hydrogens is 285 g/mol. The lowest BCUT2D eigenvalue weighted by molar-refractivity contribution is 0.0277. The molecule has 0 atom stereocenters. The summed E-state index contributed by atoms with van der Waals surface area (Å²) in [6, 6.07) is 3.17. The summed E-state index contributed by atoms with van der Waals surface area (Å²) in [5, 5.41) is 10.1. The van der Waals surface area contributed by atoms with Crippen LogP contribution in [0.3, 0.4) is 0 Å². The van der Waals surface area contributed by atoms with Gasteiger partial charge in [-0.25, -0.2) is 4.39 Å². The molecule has 0 bridgehead atoms. The first-order valence-electron chi connectivity index (χ1n) is 5.99. The second-order valence-electron chi connectivity index (χ2n) is 5.04. The maximum atomic E-state index is 13.4. The summed E-state index contributed by atoms with van der Waals surface area (Å²) in [5.41, 5.74) is -0.489. The van der Waals surface area contributed by atoms with Crippen LogP contribution in [0, 0.1) is 5.82 Å². The lowest BCUT2D eigenvalue weighted by Crippen LogP contribution is -2.28. The molecule has 0 aliphatic heterocycles. The predicted octanol–water partition coefficient (Wildman–Crippen LogP) is 3.19. The lowest BCUT2D eigenvalue weighted by Gasteiger charge is -2.19. The molecule has 1 N–H and O–H groups in total. The minimum atomic E-state index is -0.978. The number of rotatable bonds is 4. The van der Waals surface area contributed by atoms with Gasteiger partial charge in [0, 0.05) is 11.5 Å². The van der Waals surface area contributed by atoms with Gasteiger partial charge in [0.25, 0.3) is 0 Å². The Morgan fingerprint density at radius 3 is 2.65 bits per heavy atom. The molecule has 6 heteroatoms. The standard InChI is InChI=1S/C14H15ClFNO3/c1-14(2,18)7-20-12-5-10-8(4-11(12)19-3)13(15)9(16)6-17-10/h4-6,18H,7H2,1-3H3. The van der Waals surface area contributed by atoms with Crippen molar-refractivity contribution in [2.75, 3.05) is 13.7 Å². The fourth-order valence-corrected chi connectivity index (χ4v) is 1.87. The zero-order valence-corrected chi connectivity index (χ0v) is 12.2. The van der Waals surface area contributed by atoms with E-state index in [9.17, 15) is 9.50 Å². The van der Waals surface area contributed by atoms with Crippen LogP contribution in [0.2, 0.25) is 5.02 Å². The summed E-state index contributed by atoms with van der Waals surface area (Å²) >= 11 is 5.91. The molecular formula is C14H15ClFNO3. The highest BCUT2D eigenvalue weighted by Crippen LogP contribution is 2.35. The van der Waals surface area contributed by atoms with Crippen molar-refractivity contribution in [2.45, 2.75) is 19.4 Å². The van der Waals surface area contributed by atoms with Gasteiger partial charge in [0.15, 0.2) is 17.3 Å². The van der Waals surface area contributed by atoms with Crippen molar-refractivity contribution in [1.82, 2.24) is 4.98 Å². The van der Waals surface area contributed by atoms with Gasteiger partial charge in [-0.15, -0.1) is 0 Å². The number of aliphatic hydroxyl groups is 1. The minimum Gasteiger partial charge on any atom is -0.493 e. The highest BCUT2D eigenvalue weighted by Gasteiger charge is 2.17. The van der Waals surface area contributed by atoms with E-state index < -0.39 is 11.4 Å². The Hall–Kier alpha value is -1.59. The third kappa shape index (κ3) is 3.11. The zero-order valence-electron chi connectivity index (χ0n) is 11.4. The molecule has 4 nitrogen and oxygen atoms in total. The van der Waals surface area contributed by atoms with Crippen molar-refractivity contribution in [2.24, 2.45) is 0 Å². The van der Waals surface area contributed by atoms with E-state index in [1.807, 2.05) is 0 Å². The maximum absolute atomic E-state index is 13.4. The van der Waals surface area contributed by atoms with Gasteiger partial charge in [-0.3, -0.25) is 4.98 Å². The number of halogens is 2. The van der Waals surface area contributed by atoms with Gasteiger partial charge in [-0.05, 0) is 19.9 Å². The van der Waals surface area contributed by atoms with Crippen LogP contribution in [0.15, 0.2) is 18.3 Å². The fraction of sp³-hybridized carbons (Fsp3) is 0.357. The first-order valence-corrected chi connectivity index (χ1v) is 6.36. The van der Waals surface area contributed by atoms with Crippen LogP contribution in [-0.4, -0.2) is 29.4 Å². The molecule has 0 saturated heterocycles. The van der Waals surface area contributed by atoms with Gasteiger partial charge in [0.1, 0.15) is 6.61 Å². The Kier molecular flexibility index (Phi) is 4.01. The van der Waals surface area contributed by atoms with E-state index >= 15 is 0 Å².